The lowest BCUT2D eigenvalue weighted by atomic mass is 9.92. The molecule has 0 aliphatic heterocycles. The van der Waals surface area contributed by atoms with Gasteiger partial charge >= 0.3 is 0 Å². The van der Waals surface area contributed by atoms with Gasteiger partial charge in [0.1, 0.15) is 11.2 Å². The van der Waals surface area contributed by atoms with Crippen molar-refractivity contribution in [1.82, 2.24) is 0 Å². The van der Waals surface area contributed by atoms with Crippen molar-refractivity contribution in [3.63, 3.8) is 0 Å². The predicted octanol–water partition coefficient (Wildman–Crippen LogP) is 15.5. The molecule has 0 radical (unpaired) electrons. The molecule has 0 fully saturated rings. The van der Waals surface area contributed by atoms with Crippen molar-refractivity contribution in [2.24, 2.45) is 0 Å². The zero-order chi connectivity index (χ0) is 37.0. The molecule has 1 aromatic heterocycles. The fraction of sp³-hybridized carbons (Fsp3) is 0. The number of furan rings is 1. The summed E-state index contributed by atoms with van der Waals surface area (Å²) >= 11 is 0. The minimum Gasteiger partial charge on any atom is -0.456 e. The van der Waals surface area contributed by atoms with Crippen molar-refractivity contribution in [2.75, 3.05) is 4.90 Å². The van der Waals surface area contributed by atoms with Crippen LogP contribution in [-0.4, -0.2) is 0 Å². The summed E-state index contributed by atoms with van der Waals surface area (Å²) in [6.07, 6.45) is 0. The second-order valence-corrected chi connectivity index (χ2v) is 14.5. The van der Waals surface area contributed by atoms with Gasteiger partial charge in [-0.1, -0.05) is 152 Å². The van der Waals surface area contributed by atoms with Gasteiger partial charge in [-0.25, -0.2) is 0 Å². The molecule has 10 aromatic carbocycles. The Labute approximate surface area is 325 Å². The molecule has 0 unspecified atom stereocenters. The van der Waals surface area contributed by atoms with Crippen LogP contribution < -0.4 is 4.90 Å². The molecule has 0 spiro atoms. The molecule has 0 aliphatic carbocycles. The van der Waals surface area contributed by atoms with E-state index in [1.807, 2.05) is 0 Å². The first-order valence-electron chi connectivity index (χ1n) is 19.2. The normalized spacial score (nSPS) is 11.6. The molecule has 2 nitrogen and oxygen atoms in total. The van der Waals surface area contributed by atoms with E-state index < -0.39 is 0 Å². The largest absolute Gasteiger partial charge is 0.456 e. The molecule has 2 heteroatoms. The van der Waals surface area contributed by atoms with Gasteiger partial charge in [0.25, 0.3) is 0 Å². The van der Waals surface area contributed by atoms with Crippen LogP contribution in [0.5, 0.6) is 0 Å². The second-order valence-electron chi connectivity index (χ2n) is 14.5. The van der Waals surface area contributed by atoms with Crippen LogP contribution in [0, 0.1) is 0 Å². The Kier molecular flexibility index (Phi) is 7.53. The quantitative estimate of drug-likeness (QED) is 0.160. The first-order valence-corrected chi connectivity index (χ1v) is 19.2. The Morgan fingerprint density at radius 3 is 1.62 bits per heavy atom. The standard InChI is InChI=1S/C54H35NO/c1-2-11-36(12-3-1)37-25-27-44(28-26-37)55(46-29-30-53-52(35-46)51-32-41-13-4-5-14-42(41)34-54(51)56-53)45-17-10-16-40(31-45)38-21-23-39(24-22-38)50-33-43-15-6-7-18-47(43)48-19-8-9-20-49(48)50/h1-35H. The summed E-state index contributed by atoms with van der Waals surface area (Å²) in [6.45, 7) is 0. The summed E-state index contributed by atoms with van der Waals surface area (Å²) in [5.41, 5.74) is 12.2. The molecule has 0 atom stereocenters. The van der Waals surface area contributed by atoms with E-state index >= 15 is 0 Å². The zero-order valence-electron chi connectivity index (χ0n) is 30.6. The van der Waals surface area contributed by atoms with Gasteiger partial charge in [0.15, 0.2) is 0 Å². The average Bonchev–Trinajstić information content (AvgIpc) is 3.62. The third-order valence-electron chi connectivity index (χ3n) is 11.2. The fourth-order valence-corrected chi connectivity index (χ4v) is 8.43. The molecule has 11 rings (SSSR count). The number of fused-ring (bicyclic) bond motifs is 7. The fourth-order valence-electron chi connectivity index (χ4n) is 8.43. The topological polar surface area (TPSA) is 16.4 Å². The van der Waals surface area contributed by atoms with Crippen LogP contribution >= 0.6 is 0 Å². The van der Waals surface area contributed by atoms with Gasteiger partial charge in [0.05, 0.1) is 0 Å². The van der Waals surface area contributed by atoms with Crippen LogP contribution in [0.2, 0.25) is 0 Å². The molecule has 0 bridgehead atoms. The number of hydrogen-bond donors (Lipinski definition) is 0. The van der Waals surface area contributed by atoms with Crippen molar-refractivity contribution in [1.29, 1.82) is 0 Å². The smallest absolute Gasteiger partial charge is 0.136 e. The van der Waals surface area contributed by atoms with Crippen molar-refractivity contribution in [3.8, 4) is 33.4 Å². The Morgan fingerprint density at radius 2 is 0.821 bits per heavy atom. The van der Waals surface area contributed by atoms with E-state index in [0.29, 0.717) is 0 Å². The Bertz CT molecular complexity index is 3230. The van der Waals surface area contributed by atoms with Gasteiger partial charge in [-0.15, -0.1) is 0 Å². The van der Waals surface area contributed by atoms with Crippen molar-refractivity contribution in [3.05, 3.63) is 212 Å². The van der Waals surface area contributed by atoms with Crippen LogP contribution in [0.15, 0.2) is 217 Å². The van der Waals surface area contributed by atoms with Gasteiger partial charge in [-0.05, 0) is 126 Å². The lowest BCUT2D eigenvalue weighted by Gasteiger charge is -2.26. The van der Waals surface area contributed by atoms with Crippen molar-refractivity contribution < 1.29 is 4.42 Å². The second kappa shape index (κ2) is 13.2. The number of benzene rings is 10. The maximum absolute atomic E-state index is 6.42. The van der Waals surface area contributed by atoms with Crippen LogP contribution in [-0.2, 0) is 0 Å². The highest BCUT2D eigenvalue weighted by molar-refractivity contribution is 6.14. The molecule has 56 heavy (non-hydrogen) atoms. The maximum atomic E-state index is 6.42. The number of anilines is 3. The van der Waals surface area contributed by atoms with Crippen LogP contribution in [0.1, 0.15) is 0 Å². The SMILES string of the molecule is c1ccc(-c2ccc(N(c3cccc(-c4ccc(-c5cc6ccccc6c6ccccc56)cc4)c3)c3ccc4oc5cc6ccccc6cc5c4c3)cc2)cc1. The summed E-state index contributed by atoms with van der Waals surface area (Å²) in [7, 11) is 0. The van der Waals surface area contributed by atoms with Gasteiger partial charge in [-0.3, -0.25) is 0 Å². The first-order chi connectivity index (χ1) is 27.7. The van der Waals surface area contributed by atoms with Gasteiger partial charge in [0, 0.05) is 27.8 Å². The van der Waals surface area contributed by atoms with E-state index in [2.05, 4.69) is 217 Å². The highest BCUT2D eigenvalue weighted by Crippen LogP contribution is 2.42. The molecule has 11 aromatic rings. The summed E-state index contributed by atoms with van der Waals surface area (Å²) in [6, 6.07) is 76.5. The van der Waals surface area contributed by atoms with Crippen molar-refractivity contribution >= 4 is 71.3 Å². The minimum absolute atomic E-state index is 0.881. The van der Waals surface area contributed by atoms with Gasteiger partial charge in [0.2, 0.25) is 0 Å². The van der Waals surface area contributed by atoms with Crippen LogP contribution in [0.4, 0.5) is 17.1 Å². The van der Waals surface area contributed by atoms with Crippen LogP contribution in [0.3, 0.4) is 0 Å². The molecule has 262 valence electrons. The Hall–Kier alpha value is -7.42. The van der Waals surface area contributed by atoms with Gasteiger partial charge in [-0.2, -0.15) is 0 Å². The molecular weight excluding hydrogens is 679 g/mol. The molecular formula is C54H35NO. The summed E-state index contributed by atoms with van der Waals surface area (Å²) < 4.78 is 6.42. The average molecular weight is 714 g/mol. The lowest BCUT2D eigenvalue weighted by molar-refractivity contribution is 0.669. The number of rotatable bonds is 6. The number of hydrogen-bond acceptors (Lipinski definition) is 2. The molecule has 0 saturated heterocycles. The van der Waals surface area contributed by atoms with Crippen molar-refractivity contribution in [2.45, 2.75) is 0 Å². The molecule has 0 saturated carbocycles. The Morgan fingerprint density at radius 1 is 0.268 bits per heavy atom. The lowest BCUT2D eigenvalue weighted by Crippen LogP contribution is -2.10. The molecule has 1 heterocycles. The molecule has 0 amide bonds. The number of nitrogens with zero attached hydrogens (tertiary/aromatic N) is 1. The van der Waals surface area contributed by atoms with Crippen LogP contribution in [0.25, 0.3) is 87.6 Å². The molecule has 0 N–H and O–H groups in total. The highest BCUT2D eigenvalue weighted by atomic mass is 16.3. The summed E-state index contributed by atoms with van der Waals surface area (Å²) in [5, 5.41) is 9.69. The van der Waals surface area contributed by atoms with Gasteiger partial charge < -0.3 is 9.32 Å². The summed E-state index contributed by atoms with van der Waals surface area (Å²) in [5.74, 6) is 0. The monoisotopic (exact) mass is 713 g/mol. The highest BCUT2D eigenvalue weighted by Gasteiger charge is 2.17. The van der Waals surface area contributed by atoms with E-state index in [1.165, 1.54) is 60.1 Å². The molecule has 0 aliphatic rings. The van der Waals surface area contributed by atoms with E-state index in [1.54, 1.807) is 0 Å². The van der Waals surface area contributed by atoms with E-state index in [4.69, 9.17) is 4.42 Å². The van der Waals surface area contributed by atoms with E-state index in [-0.39, 0.29) is 0 Å². The third-order valence-corrected chi connectivity index (χ3v) is 11.2. The zero-order valence-corrected chi connectivity index (χ0v) is 30.6. The van der Waals surface area contributed by atoms with E-state index in [9.17, 15) is 0 Å². The summed E-state index contributed by atoms with van der Waals surface area (Å²) in [4.78, 5) is 2.35. The Balaban J connectivity index is 1.02. The maximum Gasteiger partial charge on any atom is 0.136 e. The first kappa shape index (κ1) is 32.0. The third kappa shape index (κ3) is 5.51. The predicted molar refractivity (Wildman–Crippen MR) is 237 cm³/mol. The minimum atomic E-state index is 0.881. The van der Waals surface area contributed by atoms with E-state index in [0.717, 1.165) is 44.6 Å².